The van der Waals surface area contributed by atoms with Crippen molar-refractivity contribution in [1.82, 2.24) is 9.97 Å². The lowest BCUT2D eigenvalue weighted by atomic mass is 9.98. The van der Waals surface area contributed by atoms with Gasteiger partial charge in [0, 0.05) is 18.7 Å². The summed E-state index contributed by atoms with van der Waals surface area (Å²) in [6.07, 6.45) is 1.58. The van der Waals surface area contributed by atoms with Crippen LogP contribution in [-0.2, 0) is 4.79 Å². The van der Waals surface area contributed by atoms with Gasteiger partial charge in [-0.25, -0.2) is 4.98 Å². The van der Waals surface area contributed by atoms with Crippen molar-refractivity contribution in [2.45, 2.75) is 33.6 Å². The summed E-state index contributed by atoms with van der Waals surface area (Å²) in [5.74, 6) is 1.21. The molecule has 3 heterocycles. The predicted molar refractivity (Wildman–Crippen MR) is 78.6 cm³/mol. The minimum absolute atomic E-state index is 0.336. The number of aliphatic carboxylic acids is 1. The van der Waals surface area contributed by atoms with Crippen LogP contribution in [0.4, 0.5) is 5.82 Å². The van der Waals surface area contributed by atoms with Crippen molar-refractivity contribution in [1.29, 1.82) is 0 Å². The fraction of sp³-hybridized carbons (Fsp3) is 0.533. The highest BCUT2D eigenvalue weighted by atomic mass is 16.4. The van der Waals surface area contributed by atoms with Crippen molar-refractivity contribution in [2.24, 2.45) is 5.92 Å². The van der Waals surface area contributed by atoms with E-state index in [0.717, 1.165) is 41.9 Å². The number of furan rings is 1. The van der Waals surface area contributed by atoms with Crippen LogP contribution in [0.5, 0.6) is 0 Å². The first-order chi connectivity index (χ1) is 9.97. The molecule has 21 heavy (non-hydrogen) atoms. The molecular formula is C15H19N3O3. The second kappa shape index (κ2) is 5.02. The third kappa shape index (κ3) is 2.34. The van der Waals surface area contributed by atoms with Gasteiger partial charge in [-0.1, -0.05) is 0 Å². The fourth-order valence-corrected chi connectivity index (χ4v) is 2.93. The minimum atomic E-state index is -0.734. The summed E-state index contributed by atoms with van der Waals surface area (Å²) in [5, 5.41) is 10.2. The van der Waals surface area contributed by atoms with Gasteiger partial charge in [0.15, 0.2) is 0 Å². The van der Waals surface area contributed by atoms with E-state index in [0.29, 0.717) is 18.1 Å². The largest absolute Gasteiger partial charge is 0.481 e. The Morgan fingerprint density at radius 1 is 1.33 bits per heavy atom. The van der Waals surface area contributed by atoms with Gasteiger partial charge in [-0.2, -0.15) is 4.98 Å². The van der Waals surface area contributed by atoms with Crippen LogP contribution in [-0.4, -0.2) is 34.1 Å². The van der Waals surface area contributed by atoms with Gasteiger partial charge in [0.05, 0.1) is 11.3 Å². The Hall–Kier alpha value is -2.11. The van der Waals surface area contributed by atoms with Crippen molar-refractivity contribution in [3.63, 3.8) is 0 Å². The summed E-state index contributed by atoms with van der Waals surface area (Å²) >= 11 is 0. The van der Waals surface area contributed by atoms with E-state index in [1.54, 1.807) is 0 Å². The summed E-state index contributed by atoms with van der Waals surface area (Å²) in [4.78, 5) is 22.2. The SMILES string of the molecule is Cc1nc(N2CCCC(C(=O)O)C2)c2c(C)c(C)oc2n1. The van der Waals surface area contributed by atoms with E-state index in [2.05, 4.69) is 14.9 Å². The summed E-state index contributed by atoms with van der Waals surface area (Å²) < 4.78 is 5.69. The van der Waals surface area contributed by atoms with Crippen LogP contribution >= 0.6 is 0 Å². The number of aromatic nitrogens is 2. The average molecular weight is 289 g/mol. The Labute approximate surface area is 122 Å². The maximum absolute atomic E-state index is 11.3. The topological polar surface area (TPSA) is 79.5 Å². The number of piperidine rings is 1. The second-order valence-electron chi connectivity index (χ2n) is 5.68. The number of anilines is 1. The van der Waals surface area contributed by atoms with Crippen LogP contribution in [0.1, 0.15) is 30.0 Å². The quantitative estimate of drug-likeness (QED) is 0.914. The van der Waals surface area contributed by atoms with Gasteiger partial charge in [0.2, 0.25) is 5.71 Å². The van der Waals surface area contributed by atoms with Gasteiger partial charge in [0.25, 0.3) is 0 Å². The van der Waals surface area contributed by atoms with Gasteiger partial charge in [-0.05, 0) is 33.6 Å². The number of fused-ring (bicyclic) bond motifs is 1. The zero-order valence-electron chi connectivity index (χ0n) is 12.5. The molecular weight excluding hydrogens is 270 g/mol. The number of hydrogen-bond donors (Lipinski definition) is 1. The highest BCUT2D eigenvalue weighted by molar-refractivity contribution is 5.90. The molecule has 3 rings (SSSR count). The number of rotatable bonds is 2. The molecule has 0 amide bonds. The third-order valence-corrected chi connectivity index (χ3v) is 4.19. The van der Waals surface area contributed by atoms with Crippen molar-refractivity contribution < 1.29 is 14.3 Å². The molecule has 0 saturated carbocycles. The Kier molecular flexibility index (Phi) is 3.31. The average Bonchev–Trinajstić information content (AvgIpc) is 2.73. The Morgan fingerprint density at radius 3 is 2.81 bits per heavy atom. The first-order valence-corrected chi connectivity index (χ1v) is 7.19. The van der Waals surface area contributed by atoms with Gasteiger partial charge >= 0.3 is 5.97 Å². The molecule has 0 aliphatic carbocycles. The lowest BCUT2D eigenvalue weighted by molar-refractivity contribution is -0.141. The summed E-state index contributed by atoms with van der Waals surface area (Å²) in [7, 11) is 0. The number of hydrogen-bond acceptors (Lipinski definition) is 5. The minimum Gasteiger partial charge on any atom is -0.481 e. The monoisotopic (exact) mass is 289 g/mol. The molecule has 0 bridgehead atoms. The molecule has 2 aromatic heterocycles. The van der Waals surface area contributed by atoms with E-state index in [1.165, 1.54) is 0 Å². The number of carboxylic acids is 1. The van der Waals surface area contributed by atoms with E-state index >= 15 is 0 Å². The first-order valence-electron chi connectivity index (χ1n) is 7.19. The molecule has 0 aromatic carbocycles. The zero-order chi connectivity index (χ0) is 15.1. The van der Waals surface area contributed by atoms with Gasteiger partial charge in [-0.3, -0.25) is 4.79 Å². The third-order valence-electron chi connectivity index (χ3n) is 4.19. The fourth-order valence-electron chi connectivity index (χ4n) is 2.93. The maximum atomic E-state index is 11.3. The van der Waals surface area contributed by atoms with Crippen molar-refractivity contribution >= 4 is 22.9 Å². The van der Waals surface area contributed by atoms with Crippen LogP contribution in [0.2, 0.25) is 0 Å². The molecule has 1 fully saturated rings. The molecule has 112 valence electrons. The normalized spacial score (nSPS) is 19.2. The van der Waals surface area contributed by atoms with Crippen molar-refractivity contribution in [2.75, 3.05) is 18.0 Å². The Balaban J connectivity index is 2.09. The van der Waals surface area contributed by atoms with Crippen LogP contribution in [0.25, 0.3) is 11.1 Å². The van der Waals surface area contributed by atoms with Crippen LogP contribution in [0.15, 0.2) is 4.42 Å². The van der Waals surface area contributed by atoms with E-state index in [1.807, 2.05) is 20.8 Å². The van der Waals surface area contributed by atoms with Gasteiger partial charge in [-0.15, -0.1) is 0 Å². The summed E-state index contributed by atoms with van der Waals surface area (Å²) in [5.41, 5.74) is 1.61. The van der Waals surface area contributed by atoms with Crippen molar-refractivity contribution in [3.05, 3.63) is 17.1 Å². The van der Waals surface area contributed by atoms with Crippen LogP contribution < -0.4 is 4.90 Å². The molecule has 0 radical (unpaired) electrons. The van der Waals surface area contributed by atoms with Crippen molar-refractivity contribution in [3.8, 4) is 0 Å². The smallest absolute Gasteiger partial charge is 0.308 e. The van der Waals surface area contributed by atoms with Gasteiger partial charge < -0.3 is 14.4 Å². The zero-order valence-corrected chi connectivity index (χ0v) is 12.5. The lowest BCUT2D eigenvalue weighted by Gasteiger charge is -2.32. The van der Waals surface area contributed by atoms with E-state index in [4.69, 9.17) is 4.42 Å². The summed E-state index contributed by atoms with van der Waals surface area (Å²) in [6, 6.07) is 0. The standard InChI is InChI=1S/C15H19N3O3/c1-8-9(2)21-14-12(8)13(16-10(3)17-14)18-6-4-5-11(7-18)15(19)20/h11H,4-7H2,1-3H3,(H,19,20). The molecule has 1 aliphatic heterocycles. The molecule has 2 aromatic rings. The van der Waals surface area contributed by atoms with Crippen LogP contribution in [0.3, 0.4) is 0 Å². The Morgan fingerprint density at radius 2 is 2.10 bits per heavy atom. The second-order valence-corrected chi connectivity index (χ2v) is 5.68. The maximum Gasteiger partial charge on any atom is 0.308 e. The summed E-state index contributed by atoms with van der Waals surface area (Å²) in [6.45, 7) is 7.03. The molecule has 1 aliphatic rings. The highest BCUT2D eigenvalue weighted by Crippen LogP contribution is 2.33. The van der Waals surface area contributed by atoms with E-state index in [-0.39, 0.29) is 5.92 Å². The molecule has 1 N–H and O–H groups in total. The number of nitrogens with zero attached hydrogens (tertiary/aromatic N) is 3. The van der Waals surface area contributed by atoms with Crippen LogP contribution in [0, 0.1) is 26.7 Å². The highest BCUT2D eigenvalue weighted by Gasteiger charge is 2.28. The molecule has 0 spiro atoms. The Bertz CT molecular complexity index is 708. The molecule has 1 unspecified atom stereocenters. The lowest BCUT2D eigenvalue weighted by Crippen LogP contribution is -2.39. The predicted octanol–water partition coefficient (Wildman–Crippen LogP) is 2.45. The molecule has 1 saturated heterocycles. The molecule has 6 nitrogen and oxygen atoms in total. The molecule has 6 heteroatoms. The number of carboxylic acid groups (broad SMARTS) is 1. The van der Waals surface area contributed by atoms with Gasteiger partial charge in [0.1, 0.15) is 17.4 Å². The number of carbonyl (C=O) groups is 1. The van der Waals surface area contributed by atoms with E-state index in [9.17, 15) is 9.90 Å². The first kappa shape index (κ1) is 13.9. The molecule has 1 atom stereocenters. The van der Waals surface area contributed by atoms with E-state index < -0.39 is 5.97 Å². The number of aryl methyl sites for hydroxylation is 3.